The molecule has 3 heterocycles. The number of hydrogen-bond donors (Lipinski definition) is 1. The molecule has 2 fully saturated rings. The molecule has 1 N–H and O–H groups in total. The van der Waals surface area contributed by atoms with E-state index in [1.165, 1.54) is 44.3 Å². The zero-order chi connectivity index (χ0) is 10.8. The first-order valence-corrected chi connectivity index (χ1v) is 6.42. The van der Waals surface area contributed by atoms with Crippen LogP contribution in [0.2, 0.25) is 0 Å². The smallest absolute Gasteiger partial charge is 0.0947 e. The Kier molecular flexibility index (Phi) is 2.98. The molecular weight excluding hydrogens is 200 g/mol. The zero-order valence-electron chi connectivity index (χ0n) is 9.69. The largest absolute Gasteiger partial charge is 0.472 e. The third-order valence-electron chi connectivity index (χ3n) is 4.00. The van der Waals surface area contributed by atoms with Gasteiger partial charge < -0.3 is 9.73 Å². The van der Waals surface area contributed by atoms with Crippen molar-refractivity contribution in [1.29, 1.82) is 0 Å². The first-order valence-electron chi connectivity index (χ1n) is 6.42. The molecule has 3 heteroatoms. The molecular formula is C13H20N2O. The molecule has 2 atom stereocenters. The van der Waals surface area contributed by atoms with Gasteiger partial charge in [-0.3, -0.25) is 4.90 Å². The second-order valence-electron chi connectivity index (χ2n) is 5.01. The monoisotopic (exact) mass is 220 g/mol. The van der Waals surface area contributed by atoms with Gasteiger partial charge in [-0.25, -0.2) is 0 Å². The number of nitrogens with zero attached hydrogens (tertiary/aromatic N) is 1. The van der Waals surface area contributed by atoms with Crippen molar-refractivity contribution in [2.24, 2.45) is 0 Å². The van der Waals surface area contributed by atoms with Crippen LogP contribution in [0.15, 0.2) is 23.0 Å². The predicted molar refractivity (Wildman–Crippen MR) is 63.2 cm³/mol. The Morgan fingerprint density at radius 1 is 1.31 bits per heavy atom. The van der Waals surface area contributed by atoms with Gasteiger partial charge in [0, 0.05) is 30.7 Å². The average Bonchev–Trinajstić information content (AvgIpc) is 2.96. The highest BCUT2D eigenvalue weighted by atomic mass is 16.3. The van der Waals surface area contributed by atoms with E-state index in [1.54, 1.807) is 6.26 Å². The highest BCUT2D eigenvalue weighted by Gasteiger charge is 2.34. The van der Waals surface area contributed by atoms with Gasteiger partial charge in [0.25, 0.3) is 0 Å². The Labute approximate surface area is 96.8 Å². The van der Waals surface area contributed by atoms with Crippen LogP contribution in [0.3, 0.4) is 0 Å². The van der Waals surface area contributed by atoms with Crippen LogP contribution >= 0.6 is 0 Å². The van der Waals surface area contributed by atoms with E-state index < -0.39 is 0 Å². The maximum atomic E-state index is 5.09. The van der Waals surface area contributed by atoms with E-state index in [2.05, 4.69) is 10.2 Å². The van der Waals surface area contributed by atoms with Gasteiger partial charge in [-0.1, -0.05) is 6.42 Å². The van der Waals surface area contributed by atoms with E-state index in [0.717, 1.165) is 12.6 Å². The lowest BCUT2D eigenvalue weighted by Crippen LogP contribution is -2.44. The minimum Gasteiger partial charge on any atom is -0.472 e. The van der Waals surface area contributed by atoms with Gasteiger partial charge >= 0.3 is 0 Å². The van der Waals surface area contributed by atoms with Gasteiger partial charge in [0.05, 0.1) is 12.5 Å². The first kappa shape index (κ1) is 10.4. The van der Waals surface area contributed by atoms with E-state index >= 15 is 0 Å². The fraction of sp³-hybridized carbons (Fsp3) is 0.692. The summed E-state index contributed by atoms with van der Waals surface area (Å²) in [5, 5.41) is 3.68. The molecule has 0 radical (unpaired) electrons. The molecule has 0 bridgehead atoms. The van der Waals surface area contributed by atoms with Gasteiger partial charge in [0.15, 0.2) is 0 Å². The quantitative estimate of drug-likeness (QED) is 0.844. The number of rotatable bonds is 3. The predicted octanol–water partition coefficient (Wildman–Crippen LogP) is 2.00. The van der Waals surface area contributed by atoms with Gasteiger partial charge in [-0.2, -0.15) is 0 Å². The number of fused-ring (bicyclic) bond motifs is 1. The summed E-state index contributed by atoms with van der Waals surface area (Å²) >= 11 is 0. The van der Waals surface area contributed by atoms with Crippen LogP contribution in [-0.4, -0.2) is 30.1 Å². The molecule has 16 heavy (non-hydrogen) atoms. The molecule has 1 aromatic heterocycles. The summed E-state index contributed by atoms with van der Waals surface area (Å²) < 4.78 is 5.09. The van der Waals surface area contributed by atoms with Crippen molar-refractivity contribution in [2.75, 3.05) is 13.1 Å². The highest BCUT2D eigenvalue weighted by molar-refractivity contribution is 5.05. The molecule has 2 aliphatic heterocycles. The summed E-state index contributed by atoms with van der Waals surface area (Å²) in [4.78, 5) is 2.66. The summed E-state index contributed by atoms with van der Waals surface area (Å²) in [7, 11) is 0. The minimum atomic E-state index is 0.690. The zero-order valence-corrected chi connectivity index (χ0v) is 9.69. The summed E-state index contributed by atoms with van der Waals surface area (Å²) in [5.74, 6) is 0. The maximum Gasteiger partial charge on any atom is 0.0947 e. The second kappa shape index (κ2) is 4.60. The van der Waals surface area contributed by atoms with Gasteiger partial charge in [-0.15, -0.1) is 0 Å². The van der Waals surface area contributed by atoms with Crippen molar-refractivity contribution in [2.45, 2.75) is 44.3 Å². The van der Waals surface area contributed by atoms with Crippen molar-refractivity contribution in [1.82, 2.24) is 10.2 Å². The normalized spacial score (nSPS) is 30.5. The number of hydrogen-bond acceptors (Lipinski definition) is 3. The minimum absolute atomic E-state index is 0.690. The summed E-state index contributed by atoms with van der Waals surface area (Å²) in [5.41, 5.74) is 1.26. The third kappa shape index (κ3) is 2.02. The average molecular weight is 220 g/mol. The van der Waals surface area contributed by atoms with Crippen LogP contribution in [0.4, 0.5) is 0 Å². The lowest BCUT2D eigenvalue weighted by molar-refractivity contribution is 0.180. The van der Waals surface area contributed by atoms with E-state index in [-0.39, 0.29) is 0 Å². The summed E-state index contributed by atoms with van der Waals surface area (Å²) in [6.45, 7) is 3.55. The van der Waals surface area contributed by atoms with Gasteiger partial charge in [0.1, 0.15) is 0 Å². The van der Waals surface area contributed by atoms with Gasteiger partial charge in [-0.05, 0) is 31.9 Å². The Balaban J connectivity index is 1.55. The Morgan fingerprint density at radius 3 is 3.19 bits per heavy atom. The fourth-order valence-corrected chi connectivity index (χ4v) is 3.13. The van der Waals surface area contributed by atoms with Crippen molar-refractivity contribution < 1.29 is 4.42 Å². The second-order valence-corrected chi connectivity index (χ2v) is 5.01. The Hall–Kier alpha value is -0.800. The molecule has 0 aliphatic carbocycles. The van der Waals surface area contributed by atoms with Crippen LogP contribution < -0.4 is 5.32 Å². The molecule has 1 aromatic rings. The Bertz CT molecular complexity index is 323. The van der Waals surface area contributed by atoms with Crippen LogP contribution in [0.1, 0.15) is 31.2 Å². The number of furan rings is 1. The van der Waals surface area contributed by atoms with E-state index in [0.29, 0.717) is 6.04 Å². The van der Waals surface area contributed by atoms with Crippen LogP contribution in [-0.2, 0) is 6.54 Å². The third-order valence-corrected chi connectivity index (χ3v) is 4.00. The van der Waals surface area contributed by atoms with E-state index in [9.17, 15) is 0 Å². The molecule has 0 spiro atoms. The van der Waals surface area contributed by atoms with E-state index in [1.807, 2.05) is 12.3 Å². The van der Waals surface area contributed by atoms with Crippen molar-refractivity contribution >= 4 is 0 Å². The maximum absolute atomic E-state index is 5.09. The molecule has 0 saturated carbocycles. The number of nitrogens with one attached hydrogen (secondary N) is 1. The fourth-order valence-electron chi connectivity index (χ4n) is 3.13. The first-order chi connectivity index (χ1) is 7.93. The van der Waals surface area contributed by atoms with Gasteiger partial charge in [0.2, 0.25) is 0 Å². The van der Waals surface area contributed by atoms with Crippen molar-refractivity contribution in [3.8, 4) is 0 Å². The molecule has 0 aromatic carbocycles. The summed E-state index contributed by atoms with van der Waals surface area (Å²) in [6, 6.07) is 3.52. The molecule has 3 rings (SSSR count). The molecule has 2 saturated heterocycles. The molecule has 3 nitrogen and oxygen atoms in total. The van der Waals surface area contributed by atoms with Crippen LogP contribution in [0.25, 0.3) is 0 Å². The highest BCUT2D eigenvalue weighted by Crippen LogP contribution is 2.27. The summed E-state index contributed by atoms with van der Waals surface area (Å²) in [6.07, 6.45) is 9.07. The van der Waals surface area contributed by atoms with Crippen molar-refractivity contribution in [3.63, 3.8) is 0 Å². The Morgan fingerprint density at radius 2 is 2.31 bits per heavy atom. The lowest BCUT2D eigenvalue weighted by atomic mass is 9.99. The molecule has 88 valence electrons. The molecule has 0 amide bonds. The standard InChI is InChI=1S/C13H20N2O/c1-2-6-15-7-4-12(13(15)3-1)14-9-11-5-8-16-10-11/h5,8,10,12-14H,1-4,6-7,9H2. The molecule has 2 aliphatic rings. The SMILES string of the molecule is c1cc(CNC2CCN3CCCCC23)co1. The lowest BCUT2D eigenvalue weighted by Gasteiger charge is -2.32. The number of piperidine rings is 1. The van der Waals surface area contributed by atoms with E-state index in [4.69, 9.17) is 4.42 Å². The van der Waals surface area contributed by atoms with Crippen LogP contribution in [0.5, 0.6) is 0 Å². The molecule has 2 unspecified atom stereocenters. The van der Waals surface area contributed by atoms with Crippen LogP contribution in [0, 0.1) is 0 Å². The van der Waals surface area contributed by atoms with Crippen molar-refractivity contribution in [3.05, 3.63) is 24.2 Å². The topological polar surface area (TPSA) is 28.4 Å².